The Bertz CT molecular complexity index is 67.1. The van der Waals surface area contributed by atoms with Gasteiger partial charge in [-0.2, -0.15) is 0 Å². The molecule has 0 aromatic rings. The Morgan fingerprint density at radius 2 is 0.625 bits per heavy atom. The van der Waals surface area contributed by atoms with Crippen LogP contribution in [-0.4, -0.2) is 0 Å². The average molecular weight is 209 g/mol. The van der Waals surface area contributed by atoms with E-state index in [0.29, 0.717) is 0 Å². The van der Waals surface area contributed by atoms with E-state index in [2.05, 4.69) is 0 Å². The maximum atomic E-state index is 9.87. The summed E-state index contributed by atoms with van der Waals surface area (Å²) in [5, 5.41) is 0. The van der Waals surface area contributed by atoms with Gasteiger partial charge < -0.3 is 0 Å². The Hall–Kier alpha value is 0.529. The molecular formula is CuF6P. The summed E-state index contributed by atoms with van der Waals surface area (Å²) in [6.45, 7) is 0. The van der Waals surface area contributed by atoms with Crippen molar-refractivity contribution in [2.75, 3.05) is 0 Å². The minimum absolute atomic E-state index is 0. The molecule has 0 aliphatic carbocycles. The number of rotatable bonds is 0. The van der Waals surface area contributed by atoms with Crippen molar-refractivity contribution >= 4 is 7.81 Å². The first-order chi connectivity index (χ1) is 2.45. The van der Waals surface area contributed by atoms with Gasteiger partial charge in [0.05, 0.1) is 0 Å². The second kappa shape index (κ2) is 1.33. The molecule has 0 atom stereocenters. The van der Waals surface area contributed by atoms with E-state index in [4.69, 9.17) is 0 Å². The van der Waals surface area contributed by atoms with Gasteiger partial charge >= 0.3 is 50.1 Å². The van der Waals surface area contributed by atoms with Crippen molar-refractivity contribution in [2.45, 2.75) is 0 Å². The van der Waals surface area contributed by atoms with E-state index in [1.165, 1.54) is 0 Å². The van der Waals surface area contributed by atoms with Crippen LogP contribution in [0.15, 0.2) is 0 Å². The third kappa shape index (κ3) is 712. The van der Waals surface area contributed by atoms with E-state index in [1.807, 2.05) is 0 Å². The Balaban J connectivity index is 0. The summed E-state index contributed by atoms with van der Waals surface area (Å²) in [4.78, 5) is 0. The third-order valence-corrected chi connectivity index (χ3v) is 0. The molecule has 0 aromatic carbocycles. The second-order valence-corrected chi connectivity index (χ2v) is 2.87. The van der Waals surface area contributed by atoms with Crippen LogP contribution in [0.3, 0.4) is 0 Å². The molecule has 8 heavy (non-hydrogen) atoms. The van der Waals surface area contributed by atoms with Crippen molar-refractivity contribution < 1.29 is 42.3 Å². The van der Waals surface area contributed by atoms with Gasteiger partial charge in [0.2, 0.25) is 0 Å². The zero-order chi connectivity index (χ0) is 6.41. The quantitative estimate of drug-likeness (QED) is 0.325. The summed E-state index contributed by atoms with van der Waals surface area (Å²) in [5.41, 5.74) is 0. The predicted octanol–water partition coefficient (Wildman–Crippen LogP) is 3.38. The van der Waals surface area contributed by atoms with E-state index in [1.54, 1.807) is 0 Å². The molecule has 0 spiro atoms. The van der Waals surface area contributed by atoms with Crippen LogP contribution < -0.4 is 0 Å². The van der Waals surface area contributed by atoms with Crippen molar-refractivity contribution in [3.8, 4) is 0 Å². The predicted molar refractivity (Wildman–Crippen MR) is 13.6 cm³/mol. The monoisotopic (exact) mass is 208 g/mol. The first-order valence-corrected chi connectivity index (χ1v) is 3.04. The van der Waals surface area contributed by atoms with Gasteiger partial charge in [0.15, 0.2) is 0 Å². The van der Waals surface area contributed by atoms with Gasteiger partial charge in [-0.15, -0.1) is 0 Å². The Morgan fingerprint density at radius 1 is 0.625 bits per heavy atom. The fourth-order valence-corrected chi connectivity index (χ4v) is 0. The van der Waals surface area contributed by atoms with Crippen molar-refractivity contribution in [3.63, 3.8) is 0 Å². The van der Waals surface area contributed by atoms with Crippen LogP contribution in [0, 0.1) is 0 Å². The van der Waals surface area contributed by atoms with Gasteiger partial charge in [0, 0.05) is 0 Å². The van der Waals surface area contributed by atoms with E-state index < -0.39 is 7.81 Å². The van der Waals surface area contributed by atoms with Crippen molar-refractivity contribution in [1.82, 2.24) is 0 Å². The molecule has 0 heterocycles. The van der Waals surface area contributed by atoms with Crippen LogP contribution in [0.25, 0.3) is 0 Å². The molecule has 0 aliphatic heterocycles. The van der Waals surface area contributed by atoms with Gasteiger partial charge in [0.1, 0.15) is 0 Å². The van der Waals surface area contributed by atoms with E-state index in [0.717, 1.165) is 0 Å². The molecule has 0 amide bonds. The summed E-state index contributed by atoms with van der Waals surface area (Å²) >= 11 is 0. The molecule has 0 rings (SSSR count). The summed E-state index contributed by atoms with van der Waals surface area (Å²) < 4.78 is 59.2. The standard InChI is InChI=1S/Cu.F6P/c;1-7(2,3,4,5)6/q+1;-1. The normalized spacial score (nSPS) is 20.2. The molecule has 0 saturated carbocycles. The molecule has 0 aliphatic rings. The molecular weight excluding hydrogens is 209 g/mol. The molecule has 0 N–H and O–H groups in total. The fourth-order valence-electron chi connectivity index (χ4n) is 0. The van der Waals surface area contributed by atoms with E-state index in [-0.39, 0.29) is 17.1 Å². The topological polar surface area (TPSA) is 0 Å². The second-order valence-electron chi connectivity index (χ2n) is 0.958. The average Bonchev–Trinajstić information content (AvgIpc) is 0.592. The van der Waals surface area contributed by atoms with Gasteiger partial charge in [-0.1, -0.05) is 0 Å². The number of hydrogen-bond donors (Lipinski definition) is 0. The summed E-state index contributed by atoms with van der Waals surface area (Å²) in [6.07, 6.45) is 0. The largest absolute Gasteiger partial charge is 1.00 e. The molecule has 0 unspecified atom stereocenters. The summed E-state index contributed by atoms with van der Waals surface area (Å²) in [7, 11) is -10.7. The van der Waals surface area contributed by atoms with Crippen molar-refractivity contribution in [3.05, 3.63) is 0 Å². The van der Waals surface area contributed by atoms with Crippen LogP contribution in [0.5, 0.6) is 0 Å². The first-order valence-electron chi connectivity index (χ1n) is 1.01. The maximum absolute atomic E-state index is 10.7. The molecule has 0 saturated heterocycles. The van der Waals surface area contributed by atoms with Gasteiger partial charge in [-0.05, 0) is 0 Å². The smallest absolute Gasteiger partial charge is 1.00 e. The molecule has 8 heteroatoms. The number of halogens is 6. The summed E-state index contributed by atoms with van der Waals surface area (Å²) in [6, 6.07) is 0. The summed E-state index contributed by atoms with van der Waals surface area (Å²) in [5.74, 6) is 0. The van der Waals surface area contributed by atoms with Crippen LogP contribution in [0.2, 0.25) is 0 Å². The maximum Gasteiger partial charge on any atom is 1.00 e. The van der Waals surface area contributed by atoms with Crippen LogP contribution in [0.4, 0.5) is 25.2 Å². The van der Waals surface area contributed by atoms with Gasteiger partial charge in [0.25, 0.3) is 0 Å². The van der Waals surface area contributed by atoms with Crippen molar-refractivity contribution in [1.29, 1.82) is 0 Å². The van der Waals surface area contributed by atoms with Gasteiger partial charge in [-0.25, -0.2) is 0 Å². The van der Waals surface area contributed by atoms with E-state index >= 15 is 0 Å². The fraction of sp³-hybridized carbons (Fsp3) is 0. The van der Waals surface area contributed by atoms with E-state index in [9.17, 15) is 25.2 Å². The Morgan fingerprint density at radius 3 is 0.625 bits per heavy atom. The molecule has 0 bridgehead atoms. The SMILES string of the molecule is F[P-](F)(F)(F)(F)F.[Cu+]. The van der Waals surface area contributed by atoms with Crippen LogP contribution in [0.1, 0.15) is 0 Å². The zero-order valence-electron chi connectivity index (χ0n) is 3.02. The molecule has 0 fully saturated rings. The zero-order valence-corrected chi connectivity index (χ0v) is 4.85. The number of hydrogen-bond acceptors (Lipinski definition) is 0. The minimum atomic E-state index is -10.7. The molecule has 0 nitrogen and oxygen atoms in total. The molecule has 0 aromatic heterocycles. The Labute approximate surface area is 51.0 Å². The first kappa shape index (κ1) is 11.3. The molecule has 58 valence electrons. The van der Waals surface area contributed by atoms with Crippen LogP contribution in [-0.2, 0) is 17.1 Å². The van der Waals surface area contributed by atoms with Crippen molar-refractivity contribution in [2.24, 2.45) is 0 Å². The third-order valence-electron chi connectivity index (χ3n) is 0. The molecule has 0 radical (unpaired) electrons. The van der Waals surface area contributed by atoms with Gasteiger partial charge in [-0.3, -0.25) is 0 Å². The Kier molecular flexibility index (Phi) is 1.89. The minimum Gasteiger partial charge on any atom is 1.00 e. The van der Waals surface area contributed by atoms with Crippen LogP contribution >= 0.6 is 7.81 Å².